The van der Waals surface area contributed by atoms with Gasteiger partial charge in [-0.2, -0.15) is 0 Å². The van der Waals surface area contributed by atoms with Gasteiger partial charge in [-0.25, -0.2) is 14.4 Å². The Morgan fingerprint density at radius 3 is 1.95 bits per heavy atom. The highest BCUT2D eigenvalue weighted by atomic mass is 35.5. The first kappa shape index (κ1) is 16.9. The van der Waals surface area contributed by atoms with E-state index in [9.17, 15) is 9.59 Å². The van der Waals surface area contributed by atoms with Crippen LogP contribution in [0.1, 0.15) is 20.7 Å². The molecule has 0 fully saturated rings. The summed E-state index contributed by atoms with van der Waals surface area (Å²) < 4.78 is 1.65. The van der Waals surface area contributed by atoms with Gasteiger partial charge in [0, 0.05) is 0 Å². The van der Waals surface area contributed by atoms with Crippen LogP contribution in [0.5, 0.6) is 0 Å². The molecule has 8 heteroatoms. The number of imide groups is 1. The van der Waals surface area contributed by atoms with Crippen molar-refractivity contribution >= 4 is 17.8 Å². The van der Waals surface area contributed by atoms with Gasteiger partial charge in [0.25, 0.3) is 11.8 Å². The Bertz CT molecular complexity index is 562. The van der Waals surface area contributed by atoms with Gasteiger partial charge in [0.1, 0.15) is 0 Å². The van der Waals surface area contributed by atoms with E-state index < -0.39 is 11.8 Å². The summed E-state index contributed by atoms with van der Waals surface area (Å²) >= 11 is 0. The lowest BCUT2D eigenvalue weighted by Crippen LogP contribution is -3.00. The van der Waals surface area contributed by atoms with Crippen LogP contribution in [-0.2, 0) is 9.88 Å². The number of hydrogen-bond donors (Lipinski definition) is 0. The highest BCUT2D eigenvalue weighted by molar-refractivity contribution is 6.20. The molecule has 0 unspecified atom stereocenters. The molecule has 0 atom stereocenters. The summed E-state index contributed by atoms with van der Waals surface area (Å²) in [7, 11) is 7.00. The van der Waals surface area contributed by atoms with Crippen LogP contribution in [0.25, 0.3) is 0 Å². The predicted molar refractivity (Wildman–Crippen MR) is 69.9 cm³/mol. The summed E-state index contributed by atoms with van der Waals surface area (Å²) in [6, 6.07) is 6.86. The number of carbonyl (C=O) groups is 2. The van der Waals surface area contributed by atoms with E-state index in [2.05, 4.69) is 0 Å². The molecule has 1 aliphatic rings. The van der Waals surface area contributed by atoms with Crippen molar-refractivity contribution in [3.8, 4) is 0 Å². The third kappa shape index (κ3) is 3.14. The van der Waals surface area contributed by atoms with Crippen molar-refractivity contribution in [1.82, 2.24) is 9.96 Å². The Morgan fingerprint density at radius 2 is 1.57 bits per heavy atom. The third-order valence-electron chi connectivity index (χ3n) is 2.71. The quantitative estimate of drug-likeness (QED) is 0.149. The maximum Gasteiger partial charge on any atom is 0.479 e. The minimum absolute atomic E-state index is 0. The van der Waals surface area contributed by atoms with Gasteiger partial charge in [-0.15, -0.1) is 5.06 Å². The standard InChI is InChI=1S/C13H16N3O4.ClH/c1-14(2)13(15(3)4)19-20-16-11(17)9-7-5-6-8-10(9)12(16)18;/h5-8H,1-4H3;1H/q+1;/p-1. The van der Waals surface area contributed by atoms with Gasteiger partial charge in [0.2, 0.25) is 0 Å². The average Bonchev–Trinajstić information content (AvgIpc) is 2.63. The SMILES string of the molecule is CN(C)C(OON1C(=O)c2ccccc2C1=O)=[N+](C)C.[Cl-]. The lowest BCUT2D eigenvalue weighted by molar-refractivity contribution is -0.501. The Labute approximate surface area is 128 Å². The number of hydrogen-bond acceptors (Lipinski definition) is 4. The van der Waals surface area contributed by atoms with Crippen LogP contribution in [0.2, 0.25) is 0 Å². The number of carbonyl (C=O) groups excluding carboxylic acids is 2. The highest BCUT2D eigenvalue weighted by Gasteiger charge is 2.38. The third-order valence-corrected chi connectivity index (χ3v) is 2.71. The lowest BCUT2D eigenvalue weighted by Gasteiger charge is -2.13. The molecule has 1 aromatic rings. The predicted octanol–water partition coefficient (Wildman–Crippen LogP) is -2.66. The fraction of sp³-hybridized carbons (Fsp3) is 0.308. The number of halogens is 1. The maximum absolute atomic E-state index is 12.0. The molecule has 2 rings (SSSR count). The van der Waals surface area contributed by atoms with Gasteiger partial charge >= 0.3 is 6.02 Å². The molecular formula is C13H16ClN3O4. The second-order valence-electron chi connectivity index (χ2n) is 4.68. The van der Waals surface area contributed by atoms with Gasteiger partial charge in [-0.3, -0.25) is 9.59 Å². The summed E-state index contributed by atoms with van der Waals surface area (Å²) in [5, 5.41) is 0.609. The molecule has 0 radical (unpaired) electrons. The molecule has 1 heterocycles. The van der Waals surface area contributed by atoms with Crippen LogP contribution >= 0.6 is 0 Å². The number of nitrogens with zero attached hydrogens (tertiary/aromatic N) is 3. The molecule has 2 amide bonds. The summed E-state index contributed by atoms with van der Waals surface area (Å²) in [4.78, 5) is 35.7. The van der Waals surface area contributed by atoms with E-state index in [0.717, 1.165) is 0 Å². The summed E-state index contributed by atoms with van der Waals surface area (Å²) in [5.74, 6) is -1.08. The lowest BCUT2D eigenvalue weighted by atomic mass is 10.1. The minimum atomic E-state index is -0.539. The van der Waals surface area contributed by atoms with E-state index in [1.807, 2.05) is 0 Å². The Kier molecular flexibility index (Phi) is 5.28. The molecule has 114 valence electrons. The Morgan fingerprint density at radius 1 is 1.10 bits per heavy atom. The van der Waals surface area contributed by atoms with Crippen LogP contribution in [0.15, 0.2) is 24.3 Å². The molecule has 0 aromatic heterocycles. The first-order chi connectivity index (χ1) is 9.43. The molecule has 0 saturated carbocycles. The zero-order valence-electron chi connectivity index (χ0n) is 12.2. The van der Waals surface area contributed by atoms with Gasteiger partial charge in [-0.05, 0) is 17.1 Å². The molecule has 1 aromatic carbocycles. The fourth-order valence-corrected chi connectivity index (χ4v) is 1.85. The van der Waals surface area contributed by atoms with Gasteiger partial charge in [-0.1, -0.05) is 12.1 Å². The van der Waals surface area contributed by atoms with Crippen molar-refractivity contribution in [3.63, 3.8) is 0 Å². The second kappa shape index (κ2) is 6.55. The molecule has 0 spiro atoms. The summed E-state index contributed by atoms with van der Waals surface area (Å²) in [6.45, 7) is 0. The number of hydroxylamine groups is 2. The Balaban J connectivity index is 0.00000220. The van der Waals surface area contributed by atoms with E-state index >= 15 is 0 Å². The number of rotatable bonds is 2. The molecule has 1 aliphatic heterocycles. The van der Waals surface area contributed by atoms with Crippen LogP contribution in [0, 0.1) is 0 Å². The van der Waals surface area contributed by atoms with Crippen LogP contribution in [-0.4, -0.2) is 60.6 Å². The van der Waals surface area contributed by atoms with E-state index in [1.54, 1.807) is 61.9 Å². The molecular weight excluding hydrogens is 298 g/mol. The first-order valence-corrected chi connectivity index (χ1v) is 5.97. The minimum Gasteiger partial charge on any atom is -1.00 e. The van der Waals surface area contributed by atoms with Crippen LogP contribution in [0.3, 0.4) is 0 Å². The number of amides is 2. The topological polar surface area (TPSA) is 62.1 Å². The molecule has 7 nitrogen and oxygen atoms in total. The fourth-order valence-electron chi connectivity index (χ4n) is 1.85. The summed E-state index contributed by atoms with van der Waals surface area (Å²) in [5.41, 5.74) is 0.606. The Hall–Kier alpha value is -2.12. The van der Waals surface area contributed by atoms with Crippen molar-refractivity contribution < 1.29 is 36.4 Å². The maximum atomic E-state index is 12.0. The largest absolute Gasteiger partial charge is 1.00 e. The van der Waals surface area contributed by atoms with Crippen molar-refractivity contribution in [1.29, 1.82) is 0 Å². The zero-order valence-corrected chi connectivity index (χ0v) is 12.9. The zero-order chi connectivity index (χ0) is 14.9. The number of benzene rings is 1. The molecule has 0 aliphatic carbocycles. The van der Waals surface area contributed by atoms with Crippen molar-refractivity contribution in [2.24, 2.45) is 0 Å². The van der Waals surface area contributed by atoms with Crippen LogP contribution < -0.4 is 12.4 Å². The van der Waals surface area contributed by atoms with Gasteiger partial charge in [0.15, 0.2) is 0 Å². The smallest absolute Gasteiger partial charge is 0.479 e. The van der Waals surface area contributed by atoms with Crippen molar-refractivity contribution in [2.45, 2.75) is 0 Å². The second-order valence-corrected chi connectivity index (χ2v) is 4.68. The van der Waals surface area contributed by atoms with Crippen molar-refractivity contribution in [3.05, 3.63) is 35.4 Å². The van der Waals surface area contributed by atoms with E-state index in [-0.39, 0.29) is 12.4 Å². The monoisotopic (exact) mass is 313 g/mol. The first-order valence-electron chi connectivity index (χ1n) is 5.97. The van der Waals surface area contributed by atoms with E-state index in [0.29, 0.717) is 22.2 Å². The van der Waals surface area contributed by atoms with E-state index in [1.165, 1.54) is 0 Å². The number of amidine groups is 1. The number of fused-ring (bicyclic) bond motifs is 1. The molecule has 0 saturated heterocycles. The van der Waals surface area contributed by atoms with Gasteiger partial charge < -0.3 is 12.4 Å². The normalized spacial score (nSPS) is 12.7. The van der Waals surface area contributed by atoms with Gasteiger partial charge in [0.05, 0.1) is 39.3 Å². The molecule has 0 bridgehead atoms. The highest BCUT2D eigenvalue weighted by Crippen LogP contribution is 2.22. The molecule has 21 heavy (non-hydrogen) atoms. The van der Waals surface area contributed by atoms with Crippen molar-refractivity contribution in [2.75, 3.05) is 28.2 Å². The van der Waals surface area contributed by atoms with Crippen LogP contribution in [0.4, 0.5) is 0 Å². The van der Waals surface area contributed by atoms with E-state index in [4.69, 9.17) is 9.88 Å². The average molecular weight is 314 g/mol. The summed E-state index contributed by atoms with van der Waals surface area (Å²) in [6.07, 6.45) is 0. The molecule has 0 N–H and O–H groups in total.